The Hall–Kier alpha value is -3.83. The van der Waals surface area contributed by atoms with Crippen LogP contribution in [0.15, 0.2) is 41.2 Å². The molecule has 0 saturated heterocycles. The second kappa shape index (κ2) is 9.08. The molecule has 0 saturated carbocycles. The van der Waals surface area contributed by atoms with Gasteiger partial charge in [0.1, 0.15) is 11.5 Å². The third-order valence-corrected chi connectivity index (χ3v) is 7.21. The van der Waals surface area contributed by atoms with Gasteiger partial charge in [0, 0.05) is 29.2 Å². The van der Waals surface area contributed by atoms with Gasteiger partial charge in [0.25, 0.3) is 11.5 Å². The van der Waals surface area contributed by atoms with Gasteiger partial charge in [-0.15, -0.1) is 11.3 Å². The minimum absolute atomic E-state index is 0.0118. The monoisotopic (exact) mass is 494 g/mol. The van der Waals surface area contributed by atoms with Crippen molar-refractivity contribution in [2.45, 2.75) is 32.3 Å². The van der Waals surface area contributed by atoms with Crippen molar-refractivity contribution in [1.29, 1.82) is 0 Å². The van der Waals surface area contributed by atoms with Crippen LogP contribution in [0.1, 0.15) is 44.8 Å². The molecular formula is C24H23FN6O3S. The maximum atomic E-state index is 14.6. The van der Waals surface area contributed by atoms with Gasteiger partial charge in [-0.2, -0.15) is 10.2 Å². The van der Waals surface area contributed by atoms with E-state index >= 15 is 0 Å². The van der Waals surface area contributed by atoms with Crippen LogP contribution in [-0.4, -0.2) is 31.0 Å². The highest BCUT2D eigenvalue weighted by Gasteiger charge is 2.23. The van der Waals surface area contributed by atoms with Gasteiger partial charge in [-0.05, 0) is 62.1 Å². The molecule has 9 nitrogen and oxygen atoms in total. The molecular weight excluding hydrogens is 471 g/mol. The van der Waals surface area contributed by atoms with Crippen LogP contribution in [0.3, 0.4) is 0 Å². The molecule has 1 atom stereocenters. The molecule has 0 aliphatic heterocycles. The Labute approximate surface area is 203 Å². The molecule has 1 amide bonds. The maximum absolute atomic E-state index is 14.6. The third kappa shape index (κ3) is 4.60. The molecule has 5 rings (SSSR count). The molecule has 180 valence electrons. The summed E-state index contributed by atoms with van der Waals surface area (Å²) in [5.41, 5.74) is 2.35. The number of hydrogen-bond acceptors (Lipinski definition) is 7. The van der Waals surface area contributed by atoms with E-state index in [9.17, 15) is 19.1 Å². The van der Waals surface area contributed by atoms with Gasteiger partial charge in [-0.3, -0.25) is 14.3 Å². The number of thiophene rings is 1. The van der Waals surface area contributed by atoms with Crippen molar-refractivity contribution >= 4 is 34.4 Å². The van der Waals surface area contributed by atoms with Gasteiger partial charge < -0.3 is 15.7 Å². The molecule has 0 radical (unpaired) electrons. The van der Waals surface area contributed by atoms with Crippen LogP contribution in [-0.2, 0) is 13.5 Å². The van der Waals surface area contributed by atoms with E-state index in [4.69, 9.17) is 0 Å². The Kier molecular flexibility index (Phi) is 5.95. The Morgan fingerprint density at radius 2 is 2.09 bits per heavy atom. The molecule has 4 N–H and O–H groups in total. The summed E-state index contributed by atoms with van der Waals surface area (Å²) in [5.74, 6) is -0.548. The number of aromatic amines is 1. The number of aliphatic hydroxyl groups excluding tert-OH is 1. The van der Waals surface area contributed by atoms with E-state index < -0.39 is 23.4 Å². The van der Waals surface area contributed by atoms with Gasteiger partial charge in [-0.1, -0.05) is 0 Å². The lowest BCUT2D eigenvalue weighted by Gasteiger charge is -2.16. The number of aryl methyl sites for hydroxylation is 3. The van der Waals surface area contributed by atoms with Crippen molar-refractivity contribution in [1.82, 2.24) is 20.0 Å². The summed E-state index contributed by atoms with van der Waals surface area (Å²) < 4.78 is 16.2. The molecule has 3 aromatic heterocycles. The van der Waals surface area contributed by atoms with E-state index in [0.29, 0.717) is 28.4 Å². The number of carbonyl (C=O) groups is 1. The van der Waals surface area contributed by atoms with Crippen molar-refractivity contribution in [3.63, 3.8) is 0 Å². The van der Waals surface area contributed by atoms with E-state index in [-0.39, 0.29) is 11.4 Å². The minimum Gasteiger partial charge on any atom is -0.388 e. The number of fused-ring (bicyclic) bond motifs is 1. The number of halogens is 1. The predicted octanol–water partition coefficient (Wildman–Crippen LogP) is 4.05. The van der Waals surface area contributed by atoms with Gasteiger partial charge >= 0.3 is 0 Å². The second-order valence-corrected chi connectivity index (χ2v) is 9.60. The topological polar surface area (TPSA) is 125 Å². The number of hydrogen-bond donors (Lipinski definition) is 4. The van der Waals surface area contributed by atoms with E-state index in [1.54, 1.807) is 23.9 Å². The first kappa shape index (κ1) is 22.9. The fraction of sp³-hybridized carbons (Fsp3) is 0.250. The number of anilines is 3. The van der Waals surface area contributed by atoms with Gasteiger partial charge in [0.15, 0.2) is 5.82 Å². The summed E-state index contributed by atoms with van der Waals surface area (Å²) in [6.45, 7) is 1.89. The number of aliphatic hydroxyl groups is 1. The first-order valence-corrected chi connectivity index (χ1v) is 11.9. The SMILES string of the molecule is Cc1cc(Nc2cc(-c3ccc(F)c(NC(=O)c4cc5c(s4)CCCC5O)c3)n[nH]c2=O)nn1C. The molecule has 11 heteroatoms. The maximum Gasteiger partial charge on any atom is 0.287 e. The summed E-state index contributed by atoms with van der Waals surface area (Å²) >= 11 is 1.32. The van der Waals surface area contributed by atoms with E-state index in [2.05, 4.69) is 25.9 Å². The summed E-state index contributed by atoms with van der Waals surface area (Å²) in [6, 6.07) is 9.23. The number of amides is 1. The van der Waals surface area contributed by atoms with Gasteiger partial charge in [-0.25, -0.2) is 9.49 Å². The van der Waals surface area contributed by atoms with Crippen LogP contribution in [0.5, 0.6) is 0 Å². The largest absolute Gasteiger partial charge is 0.388 e. The lowest BCUT2D eigenvalue weighted by atomic mass is 9.96. The molecule has 0 spiro atoms. The van der Waals surface area contributed by atoms with Crippen molar-refractivity contribution in [2.75, 3.05) is 10.6 Å². The average molecular weight is 495 g/mol. The average Bonchev–Trinajstić information content (AvgIpc) is 3.40. The van der Waals surface area contributed by atoms with Crippen LogP contribution < -0.4 is 16.2 Å². The Bertz CT molecular complexity index is 1470. The van der Waals surface area contributed by atoms with Gasteiger partial charge in [0.2, 0.25) is 0 Å². The summed E-state index contributed by atoms with van der Waals surface area (Å²) in [4.78, 5) is 26.5. The van der Waals surface area contributed by atoms with E-state index in [0.717, 1.165) is 29.0 Å². The number of benzene rings is 1. The lowest BCUT2D eigenvalue weighted by molar-refractivity contribution is 0.103. The number of nitrogens with one attached hydrogen (secondary N) is 3. The molecule has 4 aromatic rings. The zero-order valence-electron chi connectivity index (χ0n) is 19.1. The molecule has 3 heterocycles. The number of nitrogens with zero attached hydrogens (tertiary/aromatic N) is 3. The standard InChI is InChI=1S/C24H23FN6O3S/c1-12-8-22(30-31(12)2)26-18-11-16(28-29-23(18)33)13-6-7-15(25)17(9-13)27-24(34)21-10-14-19(32)4-3-5-20(14)35-21/h6-11,19,32H,3-5H2,1-2H3,(H,27,34)(H,29,33)(H,26,28,30). The molecule has 1 aromatic carbocycles. The van der Waals surface area contributed by atoms with Crippen molar-refractivity contribution in [3.05, 3.63) is 73.6 Å². The predicted molar refractivity (Wildman–Crippen MR) is 132 cm³/mol. The normalized spacial score (nSPS) is 15.0. The molecule has 35 heavy (non-hydrogen) atoms. The Balaban J connectivity index is 1.40. The quantitative estimate of drug-likeness (QED) is 0.332. The molecule has 0 bridgehead atoms. The van der Waals surface area contributed by atoms with Crippen LogP contribution >= 0.6 is 11.3 Å². The number of rotatable bonds is 5. The smallest absolute Gasteiger partial charge is 0.287 e. The fourth-order valence-electron chi connectivity index (χ4n) is 4.01. The van der Waals surface area contributed by atoms with Gasteiger partial charge in [0.05, 0.1) is 22.4 Å². The van der Waals surface area contributed by atoms with Crippen molar-refractivity contribution in [2.24, 2.45) is 7.05 Å². The number of aromatic nitrogens is 4. The highest BCUT2D eigenvalue weighted by atomic mass is 32.1. The molecule has 1 unspecified atom stereocenters. The third-order valence-electron chi connectivity index (χ3n) is 6.00. The van der Waals surface area contributed by atoms with Crippen LogP contribution in [0, 0.1) is 12.7 Å². The summed E-state index contributed by atoms with van der Waals surface area (Å²) in [6.07, 6.45) is 1.79. The number of H-pyrrole nitrogens is 1. The molecule has 1 aliphatic carbocycles. The van der Waals surface area contributed by atoms with Crippen LogP contribution in [0.4, 0.5) is 21.6 Å². The molecule has 0 fully saturated rings. The van der Waals surface area contributed by atoms with E-state index in [1.165, 1.54) is 35.6 Å². The zero-order chi connectivity index (χ0) is 24.7. The van der Waals surface area contributed by atoms with Crippen molar-refractivity contribution in [3.8, 4) is 11.3 Å². The first-order chi connectivity index (χ1) is 16.8. The Morgan fingerprint density at radius 3 is 2.83 bits per heavy atom. The second-order valence-electron chi connectivity index (χ2n) is 8.46. The highest BCUT2D eigenvalue weighted by Crippen LogP contribution is 2.36. The van der Waals surface area contributed by atoms with Crippen molar-refractivity contribution < 1.29 is 14.3 Å². The van der Waals surface area contributed by atoms with E-state index in [1.807, 2.05) is 6.92 Å². The molecule has 1 aliphatic rings. The van der Waals surface area contributed by atoms with Crippen LogP contribution in [0.25, 0.3) is 11.3 Å². The van der Waals surface area contributed by atoms with Crippen LogP contribution in [0.2, 0.25) is 0 Å². The highest BCUT2D eigenvalue weighted by molar-refractivity contribution is 7.14. The lowest BCUT2D eigenvalue weighted by Crippen LogP contribution is -2.14. The summed E-state index contributed by atoms with van der Waals surface area (Å²) in [5, 5.41) is 26.6. The minimum atomic E-state index is -0.602. The first-order valence-electron chi connectivity index (χ1n) is 11.1. The number of carbonyl (C=O) groups excluding carboxylic acids is 1. The fourth-order valence-corrected chi connectivity index (χ4v) is 5.17. The summed E-state index contributed by atoms with van der Waals surface area (Å²) in [7, 11) is 1.80. The Morgan fingerprint density at radius 1 is 1.26 bits per heavy atom. The zero-order valence-corrected chi connectivity index (χ0v) is 19.9.